The maximum Gasteiger partial charge on any atom is 0.191 e. The van der Waals surface area contributed by atoms with E-state index in [2.05, 4.69) is 34.6 Å². The lowest BCUT2D eigenvalue weighted by atomic mass is 10.1. The van der Waals surface area contributed by atoms with Gasteiger partial charge in [-0.05, 0) is 51.8 Å². The van der Waals surface area contributed by atoms with E-state index < -0.39 is 5.82 Å². The van der Waals surface area contributed by atoms with Crippen LogP contribution in [0.4, 0.5) is 4.39 Å². The molecule has 0 spiro atoms. The standard InChI is InChI=1S/C20H27FN6.HI/c1-6-23-20(24-12-17-8-7-16(11-22)10-19(17)21)25-13(2)9-18-14(3)26-27(5)15(18)4;/h7-8,10,13H,6,9,12H2,1-5H3,(H2,23,24,25);1H. The van der Waals surface area contributed by atoms with Crippen molar-refractivity contribution in [2.75, 3.05) is 6.54 Å². The number of hydrogen-bond donors (Lipinski definition) is 2. The Labute approximate surface area is 183 Å². The molecule has 2 rings (SSSR count). The minimum atomic E-state index is -0.414. The number of rotatable bonds is 6. The van der Waals surface area contributed by atoms with Gasteiger partial charge in [0.2, 0.25) is 0 Å². The number of aliphatic imine (C=N–C) groups is 1. The van der Waals surface area contributed by atoms with E-state index in [1.165, 1.54) is 11.6 Å². The SMILES string of the molecule is CCNC(=NCc1ccc(C#N)cc1F)NC(C)Cc1c(C)nn(C)c1C.I. The van der Waals surface area contributed by atoms with Gasteiger partial charge in [-0.15, -0.1) is 24.0 Å². The number of nitrogens with one attached hydrogen (secondary N) is 2. The molecule has 0 bridgehead atoms. The van der Waals surface area contributed by atoms with Crippen LogP contribution in [0.25, 0.3) is 0 Å². The molecular formula is C20H28FIN6. The molecule has 0 saturated heterocycles. The van der Waals surface area contributed by atoms with E-state index in [1.807, 2.05) is 31.6 Å². The molecule has 0 fully saturated rings. The quantitative estimate of drug-likeness (QED) is 0.364. The van der Waals surface area contributed by atoms with Crippen molar-refractivity contribution in [3.05, 3.63) is 52.1 Å². The first-order valence-corrected chi connectivity index (χ1v) is 9.08. The molecule has 28 heavy (non-hydrogen) atoms. The zero-order valence-electron chi connectivity index (χ0n) is 17.0. The van der Waals surface area contributed by atoms with Gasteiger partial charge < -0.3 is 10.6 Å². The number of nitrogens with zero attached hydrogens (tertiary/aromatic N) is 4. The van der Waals surface area contributed by atoms with Gasteiger partial charge in [0.1, 0.15) is 5.82 Å². The Balaban J connectivity index is 0.00000392. The molecule has 1 aromatic heterocycles. The van der Waals surface area contributed by atoms with Crippen molar-refractivity contribution in [2.24, 2.45) is 12.0 Å². The summed E-state index contributed by atoms with van der Waals surface area (Å²) in [6.45, 7) is 9.06. The minimum Gasteiger partial charge on any atom is -0.357 e. The average molecular weight is 498 g/mol. The molecular weight excluding hydrogens is 470 g/mol. The van der Waals surface area contributed by atoms with Crippen molar-refractivity contribution in [1.82, 2.24) is 20.4 Å². The topological polar surface area (TPSA) is 78.0 Å². The van der Waals surface area contributed by atoms with E-state index in [-0.39, 0.29) is 36.6 Å². The number of guanidine groups is 1. The highest BCUT2D eigenvalue weighted by atomic mass is 127. The first kappa shape index (κ1) is 23.9. The number of halogens is 2. The predicted molar refractivity (Wildman–Crippen MR) is 120 cm³/mol. The molecule has 0 aliphatic rings. The minimum absolute atomic E-state index is 0. The molecule has 8 heteroatoms. The van der Waals surface area contributed by atoms with E-state index in [0.29, 0.717) is 23.6 Å². The number of benzene rings is 1. The Kier molecular flexibility index (Phi) is 9.38. The Morgan fingerprint density at radius 1 is 1.39 bits per heavy atom. The van der Waals surface area contributed by atoms with E-state index in [0.717, 1.165) is 17.8 Å². The summed E-state index contributed by atoms with van der Waals surface area (Å²) in [6.07, 6.45) is 0.821. The second-order valence-corrected chi connectivity index (χ2v) is 6.64. The molecule has 0 amide bonds. The van der Waals surface area contributed by atoms with Crippen molar-refractivity contribution in [1.29, 1.82) is 5.26 Å². The monoisotopic (exact) mass is 498 g/mol. The van der Waals surface area contributed by atoms with E-state index >= 15 is 0 Å². The van der Waals surface area contributed by atoms with Crippen LogP contribution in [-0.2, 0) is 20.0 Å². The van der Waals surface area contributed by atoms with Crippen LogP contribution in [0.2, 0.25) is 0 Å². The van der Waals surface area contributed by atoms with Gasteiger partial charge in [-0.3, -0.25) is 4.68 Å². The Hall–Kier alpha value is -2.15. The summed E-state index contributed by atoms with van der Waals surface area (Å²) in [7, 11) is 1.95. The van der Waals surface area contributed by atoms with E-state index in [1.54, 1.807) is 12.1 Å². The average Bonchev–Trinajstić information content (AvgIpc) is 2.86. The van der Waals surface area contributed by atoms with Gasteiger partial charge in [-0.25, -0.2) is 9.38 Å². The summed E-state index contributed by atoms with van der Waals surface area (Å²) in [5, 5.41) is 19.8. The summed E-state index contributed by atoms with van der Waals surface area (Å²) in [4.78, 5) is 4.48. The maximum absolute atomic E-state index is 14.0. The first-order chi connectivity index (χ1) is 12.8. The van der Waals surface area contributed by atoms with Gasteiger partial charge in [0, 0.05) is 30.9 Å². The van der Waals surface area contributed by atoms with Crippen LogP contribution >= 0.6 is 24.0 Å². The summed E-state index contributed by atoms with van der Waals surface area (Å²) >= 11 is 0. The van der Waals surface area contributed by atoms with Crippen molar-refractivity contribution in [2.45, 2.75) is 46.7 Å². The third kappa shape index (κ3) is 6.19. The van der Waals surface area contributed by atoms with Gasteiger partial charge in [-0.1, -0.05) is 6.07 Å². The number of nitriles is 1. The number of aromatic nitrogens is 2. The van der Waals surface area contributed by atoms with Gasteiger partial charge in [0.05, 0.1) is 23.9 Å². The number of hydrogen-bond acceptors (Lipinski definition) is 3. The van der Waals surface area contributed by atoms with Gasteiger partial charge in [0.15, 0.2) is 5.96 Å². The molecule has 6 nitrogen and oxygen atoms in total. The zero-order chi connectivity index (χ0) is 20.0. The van der Waals surface area contributed by atoms with Crippen LogP contribution in [0.3, 0.4) is 0 Å². The molecule has 2 aromatic rings. The van der Waals surface area contributed by atoms with Crippen molar-refractivity contribution in [3.63, 3.8) is 0 Å². The maximum atomic E-state index is 14.0. The third-order valence-electron chi connectivity index (χ3n) is 4.49. The highest BCUT2D eigenvalue weighted by Crippen LogP contribution is 2.14. The van der Waals surface area contributed by atoms with Crippen molar-refractivity contribution in [3.8, 4) is 6.07 Å². The highest BCUT2D eigenvalue weighted by molar-refractivity contribution is 14.0. The summed E-state index contributed by atoms with van der Waals surface area (Å²) in [5.41, 5.74) is 4.18. The summed E-state index contributed by atoms with van der Waals surface area (Å²) in [5.74, 6) is 0.219. The lowest BCUT2D eigenvalue weighted by Crippen LogP contribution is -2.43. The molecule has 1 heterocycles. The molecule has 1 aromatic carbocycles. The predicted octanol–water partition coefficient (Wildman–Crippen LogP) is 3.35. The van der Waals surface area contributed by atoms with Gasteiger partial charge in [0.25, 0.3) is 0 Å². The fraction of sp³-hybridized carbons (Fsp3) is 0.450. The van der Waals surface area contributed by atoms with Crippen molar-refractivity contribution < 1.29 is 4.39 Å². The van der Waals surface area contributed by atoms with E-state index in [9.17, 15) is 4.39 Å². The molecule has 2 N–H and O–H groups in total. The van der Waals surface area contributed by atoms with Crippen LogP contribution < -0.4 is 10.6 Å². The molecule has 1 atom stereocenters. The van der Waals surface area contributed by atoms with E-state index in [4.69, 9.17) is 5.26 Å². The van der Waals surface area contributed by atoms with Crippen LogP contribution in [-0.4, -0.2) is 28.3 Å². The fourth-order valence-corrected chi connectivity index (χ4v) is 2.93. The van der Waals surface area contributed by atoms with Crippen molar-refractivity contribution >= 4 is 29.9 Å². The van der Waals surface area contributed by atoms with Crippen LogP contribution in [0.1, 0.15) is 41.9 Å². The Morgan fingerprint density at radius 2 is 2.11 bits per heavy atom. The molecule has 0 saturated carbocycles. The lowest BCUT2D eigenvalue weighted by Gasteiger charge is -2.18. The largest absolute Gasteiger partial charge is 0.357 e. The molecule has 152 valence electrons. The van der Waals surface area contributed by atoms with Gasteiger partial charge in [-0.2, -0.15) is 10.4 Å². The zero-order valence-corrected chi connectivity index (χ0v) is 19.3. The first-order valence-electron chi connectivity index (χ1n) is 9.08. The second kappa shape index (κ2) is 11.0. The van der Waals surface area contributed by atoms with Crippen LogP contribution in [0.5, 0.6) is 0 Å². The lowest BCUT2D eigenvalue weighted by molar-refractivity contribution is 0.607. The van der Waals surface area contributed by atoms with Crippen LogP contribution in [0, 0.1) is 31.0 Å². The summed E-state index contributed by atoms with van der Waals surface area (Å²) in [6, 6.07) is 6.51. The number of aryl methyl sites for hydroxylation is 2. The fourth-order valence-electron chi connectivity index (χ4n) is 2.93. The highest BCUT2D eigenvalue weighted by Gasteiger charge is 2.14. The Morgan fingerprint density at radius 3 is 2.64 bits per heavy atom. The van der Waals surface area contributed by atoms with Gasteiger partial charge >= 0.3 is 0 Å². The second-order valence-electron chi connectivity index (χ2n) is 6.64. The Bertz CT molecular complexity index is 868. The molecule has 0 radical (unpaired) electrons. The molecule has 0 aliphatic carbocycles. The molecule has 1 unspecified atom stereocenters. The van der Waals surface area contributed by atoms with Crippen LogP contribution in [0.15, 0.2) is 23.2 Å². The smallest absolute Gasteiger partial charge is 0.191 e. The third-order valence-corrected chi connectivity index (χ3v) is 4.49. The molecule has 0 aliphatic heterocycles. The summed E-state index contributed by atoms with van der Waals surface area (Å²) < 4.78 is 15.9. The normalized spacial score (nSPS) is 12.1.